The largest absolute Gasteiger partial charge is 0.383 e. The van der Waals surface area contributed by atoms with Crippen LogP contribution in [0.1, 0.15) is 21.8 Å². The number of aliphatic hydroxyl groups excluding tert-OH is 1. The molecule has 21 heavy (non-hydrogen) atoms. The fourth-order valence-corrected chi connectivity index (χ4v) is 2.73. The van der Waals surface area contributed by atoms with E-state index in [9.17, 15) is 14.7 Å². The second-order valence-corrected chi connectivity index (χ2v) is 5.10. The highest BCUT2D eigenvalue weighted by Gasteiger charge is 2.45. The smallest absolute Gasteiger partial charge is 0.250 e. The molecule has 106 valence electrons. The Morgan fingerprint density at radius 2 is 1.52 bits per heavy atom. The highest BCUT2D eigenvalue weighted by atomic mass is 16.3. The highest BCUT2D eigenvalue weighted by molar-refractivity contribution is 6.05. The van der Waals surface area contributed by atoms with Gasteiger partial charge in [0, 0.05) is 11.5 Å². The number of amides is 1. The first kappa shape index (κ1) is 13.5. The zero-order chi connectivity index (χ0) is 14.8. The van der Waals surface area contributed by atoms with E-state index in [1.54, 1.807) is 24.3 Å². The standard InChI is InChI=1S/C17H15NO3/c19-15(12-9-5-2-6-10-12)14-13(16(20)17(21)18-14)11-7-3-1-4-8-11/h1-10,13-14,16,20H,(H,18,21)/t13-,14+,16+/m1/s1. The summed E-state index contributed by atoms with van der Waals surface area (Å²) in [7, 11) is 0. The maximum Gasteiger partial charge on any atom is 0.250 e. The minimum absolute atomic E-state index is 0.186. The minimum Gasteiger partial charge on any atom is -0.383 e. The zero-order valence-corrected chi connectivity index (χ0v) is 11.3. The molecule has 1 amide bonds. The molecule has 0 aliphatic carbocycles. The summed E-state index contributed by atoms with van der Waals surface area (Å²) >= 11 is 0. The molecule has 0 unspecified atom stereocenters. The van der Waals surface area contributed by atoms with E-state index in [2.05, 4.69) is 5.32 Å². The zero-order valence-electron chi connectivity index (χ0n) is 11.3. The van der Waals surface area contributed by atoms with Crippen molar-refractivity contribution >= 4 is 11.7 Å². The molecule has 1 fully saturated rings. The molecule has 0 saturated carbocycles. The van der Waals surface area contributed by atoms with Gasteiger partial charge in [0.2, 0.25) is 5.91 Å². The second kappa shape index (κ2) is 5.50. The number of Topliss-reactive ketones (excluding diaryl/α,β-unsaturated/α-hetero) is 1. The molecule has 1 aliphatic rings. The third-order valence-corrected chi connectivity index (χ3v) is 3.79. The van der Waals surface area contributed by atoms with Crippen molar-refractivity contribution in [3.8, 4) is 0 Å². The second-order valence-electron chi connectivity index (χ2n) is 5.10. The number of hydrogen-bond acceptors (Lipinski definition) is 3. The Kier molecular flexibility index (Phi) is 3.54. The van der Waals surface area contributed by atoms with Gasteiger partial charge in [0.1, 0.15) is 12.1 Å². The number of carbonyl (C=O) groups excluding carboxylic acids is 2. The number of hydrogen-bond donors (Lipinski definition) is 2. The Balaban J connectivity index is 1.97. The molecule has 3 atom stereocenters. The molecule has 0 aromatic heterocycles. The summed E-state index contributed by atoms with van der Waals surface area (Å²) in [6.07, 6.45) is -1.20. The van der Waals surface area contributed by atoms with Crippen LogP contribution >= 0.6 is 0 Å². The van der Waals surface area contributed by atoms with E-state index < -0.39 is 24.0 Å². The van der Waals surface area contributed by atoms with Crippen LogP contribution in [0.4, 0.5) is 0 Å². The first-order valence-corrected chi connectivity index (χ1v) is 6.81. The van der Waals surface area contributed by atoms with Gasteiger partial charge < -0.3 is 10.4 Å². The molecule has 1 saturated heterocycles. The molecule has 2 aromatic carbocycles. The van der Waals surface area contributed by atoms with Gasteiger partial charge in [-0.25, -0.2) is 0 Å². The third kappa shape index (κ3) is 2.45. The predicted octanol–water partition coefficient (Wildman–Crippen LogP) is 1.51. The summed E-state index contributed by atoms with van der Waals surface area (Å²) < 4.78 is 0. The summed E-state index contributed by atoms with van der Waals surface area (Å²) in [4.78, 5) is 24.4. The van der Waals surface area contributed by atoms with E-state index in [4.69, 9.17) is 0 Å². The third-order valence-electron chi connectivity index (χ3n) is 3.79. The number of nitrogens with one attached hydrogen (secondary N) is 1. The monoisotopic (exact) mass is 281 g/mol. The topological polar surface area (TPSA) is 66.4 Å². The van der Waals surface area contributed by atoms with Crippen LogP contribution in [0.3, 0.4) is 0 Å². The highest BCUT2D eigenvalue weighted by Crippen LogP contribution is 2.30. The minimum atomic E-state index is -1.20. The van der Waals surface area contributed by atoms with Gasteiger partial charge in [-0.15, -0.1) is 0 Å². The number of ketones is 1. The maximum atomic E-state index is 12.6. The normalized spacial score (nSPS) is 24.6. The quantitative estimate of drug-likeness (QED) is 0.838. The van der Waals surface area contributed by atoms with Gasteiger partial charge in [-0.05, 0) is 5.56 Å². The van der Waals surface area contributed by atoms with Gasteiger partial charge in [0.25, 0.3) is 0 Å². The SMILES string of the molecule is O=C1N[C@H](C(=O)c2ccccc2)[C@@H](c2ccccc2)[C@@H]1O. The molecular formula is C17H15NO3. The van der Waals surface area contributed by atoms with Gasteiger partial charge in [0.15, 0.2) is 5.78 Å². The summed E-state index contributed by atoms with van der Waals surface area (Å²) in [5, 5.41) is 12.7. The molecule has 0 spiro atoms. The average Bonchev–Trinajstić information content (AvgIpc) is 2.84. The van der Waals surface area contributed by atoms with Crippen LogP contribution in [-0.2, 0) is 4.79 Å². The molecule has 2 aromatic rings. The lowest BCUT2D eigenvalue weighted by Gasteiger charge is -2.19. The average molecular weight is 281 g/mol. The van der Waals surface area contributed by atoms with Crippen LogP contribution in [0, 0.1) is 0 Å². The lowest BCUT2D eigenvalue weighted by atomic mass is 9.86. The van der Waals surface area contributed by atoms with E-state index in [1.807, 2.05) is 36.4 Å². The fourth-order valence-electron chi connectivity index (χ4n) is 2.73. The van der Waals surface area contributed by atoms with Gasteiger partial charge >= 0.3 is 0 Å². The fraction of sp³-hybridized carbons (Fsp3) is 0.176. The number of rotatable bonds is 3. The Morgan fingerprint density at radius 1 is 0.952 bits per heavy atom. The van der Waals surface area contributed by atoms with E-state index in [-0.39, 0.29) is 5.78 Å². The van der Waals surface area contributed by atoms with E-state index in [1.165, 1.54) is 0 Å². The van der Waals surface area contributed by atoms with E-state index >= 15 is 0 Å². The van der Waals surface area contributed by atoms with Gasteiger partial charge in [-0.3, -0.25) is 9.59 Å². The summed E-state index contributed by atoms with van der Waals surface area (Å²) in [5.41, 5.74) is 1.30. The first-order chi connectivity index (χ1) is 10.2. The molecule has 2 N–H and O–H groups in total. The summed E-state index contributed by atoms with van der Waals surface area (Å²) in [6.45, 7) is 0. The Morgan fingerprint density at radius 3 is 2.14 bits per heavy atom. The van der Waals surface area contributed by atoms with Crippen LogP contribution < -0.4 is 5.32 Å². The number of carbonyl (C=O) groups is 2. The van der Waals surface area contributed by atoms with Crippen LogP contribution in [0.15, 0.2) is 60.7 Å². The maximum absolute atomic E-state index is 12.6. The molecule has 1 aliphatic heterocycles. The Labute approximate surface area is 122 Å². The summed E-state index contributed by atoms with van der Waals surface area (Å²) in [6, 6.07) is 17.2. The lowest BCUT2D eigenvalue weighted by Crippen LogP contribution is -2.36. The van der Waals surface area contributed by atoms with Gasteiger partial charge in [-0.2, -0.15) is 0 Å². The van der Waals surface area contributed by atoms with Crippen molar-refractivity contribution < 1.29 is 14.7 Å². The molecule has 0 radical (unpaired) electrons. The Bertz CT molecular complexity index is 654. The number of aliphatic hydroxyl groups is 1. The van der Waals surface area contributed by atoms with Crippen molar-refractivity contribution in [3.63, 3.8) is 0 Å². The van der Waals surface area contributed by atoms with Crippen molar-refractivity contribution in [2.45, 2.75) is 18.1 Å². The molecule has 4 heteroatoms. The molecule has 0 bridgehead atoms. The predicted molar refractivity (Wildman–Crippen MR) is 77.9 cm³/mol. The van der Waals surface area contributed by atoms with Crippen molar-refractivity contribution in [2.24, 2.45) is 0 Å². The van der Waals surface area contributed by atoms with Gasteiger partial charge in [-0.1, -0.05) is 60.7 Å². The van der Waals surface area contributed by atoms with Crippen LogP contribution in [0.25, 0.3) is 0 Å². The molecular weight excluding hydrogens is 266 g/mol. The first-order valence-electron chi connectivity index (χ1n) is 6.81. The van der Waals surface area contributed by atoms with E-state index in [0.717, 1.165) is 5.56 Å². The molecule has 3 rings (SSSR count). The van der Waals surface area contributed by atoms with Crippen molar-refractivity contribution in [2.75, 3.05) is 0 Å². The van der Waals surface area contributed by atoms with Gasteiger partial charge in [0.05, 0.1) is 0 Å². The van der Waals surface area contributed by atoms with Crippen LogP contribution in [-0.4, -0.2) is 28.9 Å². The van der Waals surface area contributed by atoms with E-state index in [0.29, 0.717) is 5.56 Å². The van der Waals surface area contributed by atoms with Crippen LogP contribution in [0.2, 0.25) is 0 Å². The van der Waals surface area contributed by atoms with Crippen molar-refractivity contribution in [1.29, 1.82) is 0 Å². The molecule has 1 heterocycles. The molecule has 4 nitrogen and oxygen atoms in total. The number of benzene rings is 2. The van der Waals surface area contributed by atoms with Crippen molar-refractivity contribution in [3.05, 3.63) is 71.8 Å². The van der Waals surface area contributed by atoms with Crippen LogP contribution in [0.5, 0.6) is 0 Å². The summed E-state index contributed by atoms with van der Waals surface area (Å²) in [5.74, 6) is -1.25. The lowest BCUT2D eigenvalue weighted by molar-refractivity contribution is -0.126. The van der Waals surface area contributed by atoms with Crippen molar-refractivity contribution in [1.82, 2.24) is 5.32 Å². The Hall–Kier alpha value is -2.46.